The Hall–Kier alpha value is -1.77. The first-order valence-electron chi connectivity index (χ1n) is 5.15. The molecule has 0 aliphatic heterocycles. The van der Waals surface area contributed by atoms with Crippen LogP contribution in [-0.4, -0.2) is 19.2 Å². The van der Waals surface area contributed by atoms with Gasteiger partial charge < -0.3 is 9.47 Å². The van der Waals surface area contributed by atoms with Crippen LogP contribution >= 0.6 is 0 Å². The lowest BCUT2D eigenvalue weighted by atomic mass is 10.2. The largest absolute Gasteiger partial charge is 0.490 e. The van der Waals surface area contributed by atoms with E-state index in [-0.39, 0.29) is 12.1 Å². The smallest absolute Gasteiger partial charge is 0.330 e. The third-order valence-corrected chi connectivity index (χ3v) is 1.88. The number of hydrogen-bond donors (Lipinski definition) is 0. The molecule has 0 saturated heterocycles. The van der Waals surface area contributed by atoms with Crippen molar-refractivity contribution in [3.8, 4) is 5.75 Å². The Bertz CT molecular complexity index is 381. The average Bonchev–Trinajstić information content (AvgIpc) is 2.26. The van der Waals surface area contributed by atoms with Crippen LogP contribution in [0.4, 0.5) is 0 Å². The van der Waals surface area contributed by atoms with Crippen molar-refractivity contribution in [2.24, 2.45) is 0 Å². The fourth-order valence-electron chi connectivity index (χ4n) is 1.21. The van der Waals surface area contributed by atoms with Gasteiger partial charge in [-0.25, -0.2) is 4.79 Å². The molecule has 1 rings (SSSR count). The molecular formula is C13H16O3. The number of ether oxygens (including phenoxy) is 2. The lowest BCUT2D eigenvalue weighted by Gasteiger charge is -2.11. The fraction of sp³-hybridized carbons (Fsp3) is 0.308. The Morgan fingerprint density at radius 3 is 2.62 bits per heavy atom. The van der Waals surface area contributed by atoms with Gasteiger partial charge in [-0.05, 0) is 26.0 Å². The quantitative estimate of drug-likeness (QED) is 0.578. The normalized spacial score (nSPS) is 10.8. The van der Waals surface area contributed by atoms with Crippen LogP contribution in [0, 0.1) is 0 Å². The molecule has 3 heteroatoms. The zero-order chi connectivity index (χ0) is 12.0. The second-order valence-corrected chi connectivity index (χ2v) is 3.56. The molecule has 0 radical (unpaired) electrons. The molecule has 86 valence electrons. The molecule has 0 aliphatic carbocycles. The Morgan fingerprint density at radius 1 is 1.31 bits per heavy atom. The first kappa shape index (κ1) is 12.3. The van der Waals surface area contributed by atoms with Gasteiger partial charge in [0.25, 0.3) is 0 Å². The Labute approximate surface area is 95.7 Å². The monoisotopic (exact) mass is 220 g/mol. The molecular weight excluding hydrogens is 204 g/mol. The zero-order valence-corrected chi connectivity index (χ0v) is 9.77. The van der Waals surface area contributed by atoms with Crippen LogP contribution in [0.15, 0.2) is 30.3 Å². The van der Waals surface area contributed by atoms with Crippen LogP contribution < -0.4 is 4.74 Å². The van der Waals surface area contributed by atoms with Crippen molar-refractivity contribution in [1.29, 1.82) is 0 Å². The highest BCUT2D eigenvalue weighted by Crippen LogP contribution is 2.20. The van der Waals surface area contributed by atoms with E-state index in [0.29, 0.717) is 0 Å². The number of carbonyl (C=O) groups excluding carboxylic acids is 1. The maximum absolute atomic E-state index is 11.0. The molecule has 0 saturated carbocycles. The molecule has 0 N–H and O–H groups in total. The Morgan fingerprint density at radius 2 is 2.00 bits per heavy atom. The summed E-state index contributed by atoms with van der Waals surface area (Å²) in [7, 11) is 1.35. The molecule has 0 bridgehead atoms. The van der Waals surface area contributed by atoms with Gasteiger partial charge in [0.05, 0.1) is 13.2 Å². The second kappa shape index (κ2) is 5.95. The molecule has 0 aromatic heterocycles. The van der Waals surface area contributed by atoms with Crippen LogP contribution in [0.3, 0.4) is 0 Å². The number of rotatable bonds is 4. The predicted molar refractivity (Wildman–Crippen MR) is 63.3 cm³/mol. The molecule has 0 heterocycles. The third kappa shape index (κ3) is 3.77. The minimum Gasteiger partial charge on any atom is -0.490 e. The lowest BCUT2D eigenvalue weighted by molar-refractivity contribution is -0.134. The topological polar surface area (TPSA) is 35.5 Å². The van der Waals surface area contributed by atoms with E-state index in [0.717, 1.165) is 11.3 Å². The third-order valence-electron chi connectivity index (χ3n) is 1.88. The van der Waals surface area contributed by atoms with Crippen molar-refractivity contribution in [2.75, 3.05) is 7.11 Å². The first-order chi connectivity index (χ1) is 7.63. The van der Waals surface area contributed by atoms with E-state index in [2.05, 4.69) is 4.74 Å². The molecule has 0 spiro atoms. The van der Waals surface area contributed by atoms with E-state index in [1.165, 1.54) is 13.2 Å². The highest BCUT2D eigenvalue weighted by molar-refractivity contribution is 5.87. The van der Waals surface area contributed by atoms with Crippen molar-refractivity contribution in [3.05, 3.63) is 35.9 Å². The van der Waals surface area contributed by atoms with Gasteiger partial charge in [0.1, 0.15) is 5.75 Å². The Balaban J connectivity index is 2.86. The van der Waals surface area contributed by atoms with E-state index >= 15 is 0 Å². The van der Waals surface area contributed by atoms with Crippen molar-refractivity contribution < 1.29 is 14.3 Å². The molecule has 16 heavy (non-hydrogen) atoms. The second-order valence-electron chi connectivity index (χ2n) is 3.56. The summed E-state index contributed by atoms with van der Waals surface area (Å²) in [6.07, 6.45) is 3.17. The summed E-state index contributed by atoms with van der Waals surface area (Å²) in [6, 6.07) is 7.55. The van der Waals surface area contributed by atoms with Gasteiger partial charge in [0, 0.05) is 11.6 Å². The van der Waals surface area contributed by atoms with E-state index in [1.54, 1.807) is 6.08 Å². The molecule has 1 aromatic rings. The highest BCUT2D eigenvalue weighted by Gasteiger charge is 2.02. The predicted octanol–water partition coefficient (Wildman–Crippen LogP) is 2.66. The summed E-state index contributed by atoms with van der Waals surface area (Å²) in [5.41, 5.74) is 0.863. The van der Waals surface area contributed by atoms with Gasteiger partial charge in [0.2, 0.25) is 0 Å². The van der Waals surface area contributed by atoms with E-state index in [4.69, 9.17) is 4.74 Å². The van der Waals surface area contributed by atoms with Gasteiger partial charge in [-0.2, -0.15) is 0 Å². The van der Waals surface area contributed by atoms with Crippen molar-refractivity contribution >= 4 is 12.0 Å². The maximum Gasteiger partial charge on any atom is 0.330 e. The molecule has 0 fully saturated rings. The van der Waals surface area contributed by atoms with E-state index in [9.17, 15) is 4.79 Å². The van der Waals surface area contributed by atoms with Gasteiger partial charge in [-0.3, -0.25) is 0 Å². The minimum atomic E-state index is -0.376. The summed E-state index contributed by atoms with van der Waals surface area (Å²) >= 11 is 0. The summed E-state index contributed by atoms with van der Waals surface area (Å²) in [5.74, 6) is 0.386. The van der Waals surface area contributed by atoms with Crippen LogP contribution in [0.1, 0.15) is 19.4 Å². The van der Waals surface area contributed by atoms with Crippen molar-refractivity contribution in [2.45, 2.75) is 20.0 Å². The molecule has 0 atom stereocenters. The van der Waals surface area contributed by atoms with Crippen LogP contribution in [0.5, 0.6) is 5.75 Å². The summed E-state index contributed by atoms with van der Waals surface area (Å²) in [4.78, 5) is 11.0. The Kier molecular flexibility index (Phi) is 4.58. The summed E-state index contributed by atoms with van der Waals surface area (Å²) < 4.78 is 10.1. The van der Waals surface area contributed by atoms with Gasteiger partial charge in [0.15, 0.2) is 0 Å². The van der Waals surface area contributed by atoms with Gasteiger partial charge in [-0.15, -0.1) is 0 Å². The van der Waals surface area contributed by atoms with Crippen LogP contribution in [0.2, 0.25) is 0 Å². The highest BCUT2D eigenvalue weighted by atomic mass is 16.5. The molecule has 3 nitrogen and oxygen atoms in total. The summed E-state index contributed by atoms with van der Waals surface area (Å²) in [6.45, 7) is 3.92. The lowest BCUT2D eigenvalue weighted by Crippen LogP contribution is -2.06. The number of benzene rings is 1. The zero-order valence-electron chi connectivity index (χ0n) is 9.77. The standard InChI is InChI=1S/C13H16O3/c1-10(2)16-12-7-5-4-6-11(12)8-9-13(14)15-3/h4-10H,1-3H3/b9-8-. The minimum absolute atomic E-state index is 0.104. The molecule has 0 amide bonds. The van der Waals surface area contributed by atoms with Crippen molar-refractivity contribution in [3.63, 3.8) is 0 Å². The maximum atomic E-state index is 11.0. The van der Waals surface area contributed by atoms with Crippen molar-refractivity contribution in [1.82, 2.24) is 0 Å². The van der Waals surface area contributed by atoms with E-state index < -0.39 is 0 Å². The number of carbonyl (C=O) groups is 1. The fourth-order valence-corrected chi connectivity index (χ4v) is 1.21. The summed E-state index contributed by atoms with van der Waals surface area (Å²) in [5, 5.41) is 0. The number of esters is 1. The first-order valence-corrected chi connectivity index (χ1v) is 5.15. The SMILES string of the molecule is COC(=O)/C=C\c1ccccc1OC(C)C. The number of para-hydroxylation sites is 1. The number of hydrogen-bond acceptors (Lipinski definition) is 3. The van der Waals surface area contributed by atoms with Gasteiger partial charge in [-0.1, -0.05) is 18.2 Å². The molecule has 0 aliphatic rings. The molecule has 0 unspecified atom stereocenters. The van der Waals surface area contributed by atoms with E-state index in [1.807, 2.05) is 38.1 Å². The average molecular weight is 220 g/mol. The van der Waals surface area contributed by atoms with Crippen LogP contribution in [-0.2, 0) is 9.53 Å². The number of methoxy groups -OCH3 is 1. The molecule has 1 aromatic carbocycles. The van der Waals surface area contributed by atoms with Crippen LogP contribution in [0.25, 0.3) is 6.08 Å². The van der Waals surface area contributed by atoms with Gasteiger partial charge >= 0.3 is 5.97 Å².